The Morgan fingerprint density at radius 3 is 2.41 bits per heavy atom. The van der Waals surface area contributed by atoms with Crippen LogP contribution >= 0.6 is 0 Å². The number of nitrogens with one attached hydrogen (secondary N) is 2. The van der Waals surface area contributed by atoms with Crippen LogP contribution in [-0.2, 0) is 30.9 Å². The fourth-order valence-corrected chi connectivity index (χ4v) is 6.23. The molecule has 0 spiro atoms. The van der Waals surface area contributed by atoms with Crippen molar-refractivity contribution in [2.45, 2.75) is 24.5 Å². The van der Waals surface area contributed by atoms with Gasteiger partial charge in [-0.15, -0.1) is 0 Å². The number of amides is 2. The van der Waals surface area contributed by atoms with E-state index >= 15 is 0 Å². The first kappa shape index (κ1) is 28.6. The smallest absolute Gasteiger partial charge is 0.338 e. The van der Waals surface area contributed by atoms with Crippen LogP contribution in [-0.4, -0.2) is 83.2 Å². The second-order valence-electron chi connectivity index (χ2n) is 9.14. The molecule has 1 atom stereocenters. The average molecular weight is 559 g/mol. The first-order chi connectivity index (χ1) is 18.8. The summed E-state index contributed by atoms with van der Waals surface area (Å²) in [5.41, 5.74) is 2.16. The van der Waals surface area contributed by atoms with Crippen LogP contribution in [0.2, 0.25) is 0 Å². The minimum absolute atomic E-state index is 0.170. The molecule has 0 saturated carbocycles. The molecular formula is C27H34N4O7S. The van der Waals surface area contributed by atoms with Gasteiger partial charge in [-0.25, -0.2) is 18.0 Å². The molecule has 210 valence electrons. The van der Waals surface area contributed by atoms with Crippen molar-refractivity contribution in [3.05, 3.63) is 70.9 Å². The van der Waals surface area contributed by atoms with E-state index in [1.54, 1.807) is 63.6 Å². The first-order valence-corrected chi connectivity index (χ1v) is 14.1. The number of piperazine rings is 1. The molecule has 0 radical (unpaired) electrons. The molecule has 0 aliphatic carbocycles. The highest BCUT2D eigenvalue weighted by atomic mass is 32.2. The van der Waals surface area contributed by atoms with Crippen molar-refractivity contribution in [2.75, 3.05) is 53.6 Å². The van der Waals surface area contributed by atoms with Gasteiger partial charge in [-0.3, -0.25) is 4.90 Å². The molecule has 2 aliphatic heterocycles. The van der Waals surface area contributed by atoms with E-state index < -0.39 is 28.1 Å². The van der Waals surface area contributed by atoms with Gasteiger partial charge in [-0.2, -0.15) is 4.31 Å². The lowest BCUT2D eigenvalue weighted by atomic mass is 9.93. The van der Waals surface area contributed by atoms with Crippen LogP contribution in [0.4, 0.5) is 4.79 Å². The van der Waals surface area contributed by atoms with Gasteiger partial charge in [0.1, 0.15) is 5.75 Å². The molecule has 2 amide bonds. The number of benzene rings is 2. The molecular weight excluding hydrogens is 524 g/mol. The van der Waals surface area contributed by atoms with Crippen molar-refractivity contribution in [3.8, 4) is 5.75 Å². The molecule has 0 aromatic heterocycles. The highest BCUT2D eigenvalue weighted by molar-refractivity contribution is 7.89. The molecule has 0 bridgehead atoms. The zero-order chi connectivity index (χ0) is 28.0. The van der Waals surface area contributed by atoms with Crippen molar-refractivity contribution >= 4 is 22.0 Å². The van der Waals surface area contributed by atoms with Crippen LogP contribution in [0.25, 0.3) is 0 Å². The van der Waals surface area contributed by atoms with Gasteiger partial charge in [0.05, 0.1) is 36.8 Å². The minimum atomic E-state index is -3.60. The number of carbonyl (C=O) groups is 2. The Labute approximate surface area is 228 Å². The Kier molecular flexibility index (Phi) is 9.23. The lowest BCUT2D eigenvalue weighted by molar-refractivity contribution is -0.139. The summed E-state index contributed by atoms with van der Waals surface area (Å²) in [6.07, 6.45) is 0. The number of carbonyl (C=O) groups excluding carboxylic acids is 2. The normalized spacial score (nSPS) is 18.8. The molecule has 11 nitrogen and oxygen atoms in total. The van der Waals surface area contributed by atoms with Crippen LogP contribution in [0.3, 0.4) is 0 Å². The lowest BCUT2D eigenvalue weighted by Gasteiger charge is -2.36. The van der Waals surface area contributed by atoms with E-state index in [2.05, 4.69) is 10.6 Å². The van der Waals surface area contributed by atoms with E-state index in [4.69, 9.17) is 14.2 Å². The third-order valence-corrected chi connectivity index (χ3v) is 8.59. The summed E-state index contributed by atoms with van der Waals surface area (Å²) in [5, 5.41) is 5.63. The average Bonchev–Trinajstić information content (AvgIpc) is 2.94. The van der Waals surface area contributed by atoms with E-state index in [1.165, 1.54) is 4.31 Å². The molecule has 2 N–H and O–H groups in total. The van der Waals surface area contributed by atoms with E-state index in [0.717, 1.165) is 5.56 Å². The molecule has 1 saturated heterocycles. The number of nitrogens with zero attached hydrogens (tertiary/aromatic N) is 2. The largest absolute Gasteiger partial charge is 0.496 e. The van der Waals surface area contributed by atoms with E-state index in [0.29, 0.717) is 35.7 Å². The zero-order valence-corrected chi connectivity index (χ0v) is 23.1. The molecule has 2 aromatic carbocycles. The SMILES string of the molecule is CCOC(=O)C1=C(CN2CCN(S(=O)(=O)c3ccccc3)CC2)NC(=O)NC1c1ccc(OC)c(COC)c1. The fraction of sp³-hybridized carbons (Fsp3) is 0.407. The van der Waals surface area contributed by atoms with Gasteiger partial charge in [0.25, 0.3) is 0 Å². The molecule has 4 rings (SSSR count). The maximum absolute atomic E-state index is 13.2. The van der Waals surface area contributed by atoms with Gasteiger partial charge in [0, 0.05) is 51.1 Å². The van der Waals surface area contributed by atoms with Crippen molar-refractivity contribution in [3.63, 3.8) is 0 Å². The van der Waals surface area contributed by atoms with Crippen LogP contribution in [0, 0.1) is 0 Å². The van der Waals surface area contributed by atoms with E-state index in [-0.39, 0.29) is 37.7 Å². The van der Waals surface area contributed by atoms with Gasteiger partial charge in [0.2, 0.25) is 10.0 Å². The predicted octanol–water partition coefficient (Wildman–Crippen LogP) is 2.02. The van der Waals surface area contributed by atoms with Gasteiger partial charge in [-0.1, -0.05) is 24.3 Å². The van der Waals surface area contributed by atoms with Crippen molar-refractivity contribution in [2.24, 2.45) is 0 Å². The highest BCUT2D eigenvalue weighted by Gasteiger charge is 2.36. The number of hydrogen-bond acceptors (Lipinski definition) is 8. The summed E-state index contributed by atoms with van der Waals surface area (Å²) in [5.74, 6) is 0.0884. The molecule has 1 fully saturated rings. The summed E-state index contributed by atoms with van der Waals surface area (Å²) in [6.45, 7) is 3.86. The van der Waals surface area contributed by atoms with E-state index in [1.807, 2.05) is 11.0 Å². The predicted molar refractivity (Wildman–Crippen MR) is 143 cm³/mol. The lowest BCUT2D eigenvalue weighted by Crippen LogP contribution is -2.52. The topological polar surface area (TPSA) is 127 Å². The van der Waals surface area contributed by atoms with Crippen molar-refractivity contribution in [1.29, 1.82) is 0 Å². The Morgan fingerprint density at radius 2 is 1.77 bits per heavy atom. The number of sulfonamides is 1. The Bertz CT molecular complexity index is 1320. The van der Waals surface area contributed by atoms with Gasteiger partial charge < -0.3 is 24.8 Å². The molecule has 39 heavy (non-hydrogen) atoms. The summed E-state index contributed by atoms with van der Waals surface area (Å²) in [4.78, 5) is 28.2. The summed E-state index contributed by atoms with van der Waals surface area (Å²) >= 11 is 0. The van der Waals surface area contributed by atoms with Crippen LogP contribution in [0.1, 0.15) is 24.1 Å². The Morgan fingerprint density at radius 1 is 1.05 bits per heavy atom. The maximum Gasteiger partial charge on any atom is 0.338 e. The standard InChI is InChI=1S/C27H34N4O7S/c1-4-38-26(32)24-22(17-30-12-14-31(15-13-30)39(34,35)21-8-6-5-7-9-21)28-27(33)29-25(24)19-10-11-23(37-3)20(16-19)18-36-2/h5-11,16,25H,4,12-15,17-18H2,1-3H3,(H2,28,29,33). The number of ether oxygens (including phenoxy) is 3. The molecule has 1 unspecified atom stereocenters. The highest BCUT2D eigenvalue weighted by Crippen LogP contribution is 2.32. The van der Waals surface area contributed by atoms with E-state index in [9.17, 15) is 18.0 Å². The van der Waals surface area contributed by atoms with Crippen molar-refractivity contribution < 1.29 is 32.2 Å². The molecule has 12 heteroatoms. The van der Waals surface area contributed by atoms with Crippen molar-refractivity contribution in [1.82, 2.24) is 19.8 Å². The first-order valence-electron chi connectivity index (χ1n) is 12.7. The maximum atomic E-state index is 13.2. The molecule has 2 aliphatic rings. The zero-order valence-electron chi connectivity index (χ0n) is 22.3. The summed E-state index contributed by atoms with van der Waals surface area (Å²) in [6, 6.07) is 12.5. The monoisotopic (exact) mass is 558 g/mol. The number of methoxy groups -OCH3 is 2. The van der Waals surface area contributed by atoms with Crippen LogP contribution in [0.5, 0.6) is 5.75 Å². The summed E-state index contributed by atoms with van der Waals surface area (Å²) in [7, 11) is -0.460. The van der Waals surface area contributed by atoms with Crippen LogP contribution < -0.4 is 15.4 Å². The number of hydrogen-bond donors (Lipinski definition) is 2. The van der Waals surface area contributed by atoms with Gasteiger partial charge in [0.15, 0.2) is 0 Å². The number of rotatable bonds is 10. The number of urea groups is 1. The number of esters is 1. The van der Waals surface area contributed by atoms with Gasteiger partial charge in [-0.05, 0) is 36.8 Å². The Hall–Kier alpha value is -3.45. The van der Waals surface area contributed by atoms with Gasteiger partial charge >= 0.3 is 12.0 Å². The fourth-order valence-electron chi connectivity index (χ4n) is 4.78. The second-order valence-corrected chi connectivity index (χ2v) is 11.1. The minimum Gasteiger partial charge on any atom is -0.496 e. The second kappa shape index (κ2) is 12.6. The molecule has 2 heterocycles. The third-order valence-electron chi connectivity index (χ3n) is 6.68. The quantitative estimate of drug-likeness (QED) is 0.424. The third kappa shape index (κ3) is 6.41. The molecule has 2 aromatic rings. The summed E-state index contributed by atoms with van der Waals surface area (Å²) < 4.78 is 43.6. The Balaban J connectivity index is 1.59. The van der Waals surface area contributed by atoms with Crippen LogP contribution in [0.15, 0.2) is 64.7 Å².